The fraction of sp³-hybridized carbons (Fsp3) is 0.340. The summed E-state index contributed by atoms with van der Waals surface area (Å²) in [6.45, 7) is 13.5. The fourth-order valence-electron chi connectivity index (χ4n) is 7.55. The molecule has 0 saturated heterocycles. The summed E-state index contributed by atoms with van der Waals surface area (Å²) in [6, 6.07) is 49.6. The van der Waals surface area contributed by atoms with Crippen molar-refractivity contribution in [1.29, 1.82) is 0 Å². The molecule has 0 aliphatic heterocycles. The number of aliphatic hydroxyl groups is 1. The number of hydrogen-bond acceptors (Lipinski definition) is 8. The van der Waals surface area contributed by atoms with Crippen LogP contribution in [0.5, 0.6) is 0 Å². The summed E-state index contributed by atoms with van der Waals surface area (Å²) in [7, 11) is -3.08. The van der Waals surface area contributed by atoms with Gasteiger partial charge >= 0.3 is 5.97 Å². The third-order valence-electron chi connectivity index (χ3n) is 10.4. The summed E-state index contributed by atoms with van der Waals surface area (Å²) in [5, 5.41) is 18.1. The van der Waals surface area contributed by atoms with Crippen LogP contribution in [0.1, 0.15) is 50.8 Å². The van der Waals surface area contributed by atoms with Gasteiger partial charge in [-0.15, -0.1) is 6.58 Å². The summed E-state index contributed by atoms with van der Waals surface area (Å²) >= 11 is 0. The monoisotopic (exact) mass is 815 g/mol. The third-order valence-corrected chi connectivity index (χ3v) is 15.4. The number of hydrogen-bond donors (Lipinski definition) is 2. The Morgan fingerprint density at radius 2 is 1.07 bits per heavy atom. The highest BCUT2D eigenvalue weighted by Crippen LogP contribution is 2.37. The quantitative estimate of drug-likeness (QED) is 0.0371. The molecule has 59 heavy (non-hydrogen) atoms. The lowest BCUT2D eigenvalue weighted by Crippen LogP contribution is -2.67. The van der Waals surface area contributed by atoms with Crippen molar-refractivity contribution < 1.29 is 33.3 Å². The van der Waals surface area contributed by atoms with Crippen LogP contribution in [0.2, 0.25) is 5.04 Å². The number of nitrogens with one attached hydrogen (secondary N) is 1. The molecule has 312 valence electrons. The highest BCUT2D eigenvalue weighted by molar-refractivity contribution is 6.99. The number of ether oxygens (including phenoxy) is 4. The second-order valence-corrected chi connectivity index (χ2v) is 19.9. The Hall–Kier alpha value is -4.71. The Labute approximate surface area is 352 Å². The fourth-order valence-corrected chi connectivity index (χ4v) is 12.1. The number of rotatable bonds is 24. The first kappa shape index (κ1) is 45.4. The molecule has 5 aromatic carbocycles. The minimum Gasteiger partial charge on any atom is -0.466 e. The van der Waals surface area contributed by atoms with Gasteiger partial charge in [0.2, 0.25) is 0 Å². The number of benzene rings is 5. The van der Waals surface area contributed by atoms with Gasteiger partial charge in [0.15, 0.2) is 0 Å². The molecule has 0 unspecified atom stereocenters. The second-order valence-electron chi connectivity index (χ2n) is 15.6. The zero-order valence-corrected chi connectivity index (χ0v) is 36.0. The van der Waals surface area contributed by atoms with Crippen LogP contribution >= 0.6 is 0 Å². The van der Waals surface area contributed by atoms with Crippen molar-refractivity contribution in [3.05, 3.63) is 181 Å². The topological polar surface area (TPSA) is 95.5 Å². The lowest BCUT2D eigenvalue weighted by Gasteiger charge is -2.44. The van der Waals surface area contributed by atoms with E-state index in [1.165, 1.54) is 0 Å². The first-order valence-corrected chi connectivity index (χ1v) is 22.5. The van der Waals surface area contributed by atoms with E-state index in [1.54, 1.807) is 13.0 Å². The summed E-state index contributed by atoms with van der Waals surface area (Å²) in [5.41, 5.74) is 2.80. The Bertz CT molecular complexity index is 1890. The molecule has 0 aliphatic carbocycles. The molecule has 0 bridgehead atoms. The average molecular weight is 816 g/mol. The summed E-state index contributed by atoms with van der Waals surface area (Å²) < 4.78 is 33.5. The number of aliphatic hydroxyl groups excluding tert-OH is 1. The maximum atomic E-state index is 13.3. The molecular weight excluding hydrogens is 755 g/mol. The van der Waals surface area contributed by atoms with Gasteiger partial charge in [-0.25, -0.2) is 0 Å². The molecule has 0 radical (unpaired) electrons. The molecule has 9 heteroatoms. The van der Waals surface area contributed by atoms with Crippen molar-refractivity contribution in [2.45, 2.75) is 89.4 Å². The van der Waals surface area contributed by atoms with Crippen molar-refractivity contribution in [3.8, 4) is 0 Å². The lowest BCUT2D eigenvalue weighted by atomic mass is 9.94. The standard InChI is InChI=1S/C50H61NO7Si/c1-6-33-51-44(34-46(53)54-7-2)47(55-35-39-23-13-8-14-24-39)49(57-37-41-27-17-10-18-28-41)48(56-36-40-25-15-9-16-26-40)45(52)38-58-59(50(3,4)5,42-29-19-11-20-30-42)43-31-21-12-22-32-43/h6,8-32,44-45,47-49,51-52H,1,7,33-38H2,2-5H3/t44-,45+,47-,48+,49+/m0/s1. The number of carbonyl (C=O) groups excluding carboxylic acids is 1. The summed E-state index contributed by atoms with van der Waals surface area (Å²) in [5.74, 6) is -0.387. The van der Waals surface area contributed by atoms with Gasteiger partial charge in [0.25, 0.3) is 8.32 Å². The molecule has 0 heterocycles. The van der Waals surface area contributed by atoms with Crippen LogP contribution < -0.4 is 15.7 Å². The maximum Gasteiger partial charge on any atom is 0.307 e. The van der Waals surface area contributed by atoms with Crippen LogP contribution in [-0.4, -0.2) is 69.6 Å². The first-order valence-electron chi connectivity index (χ1n) is 20.6. The normalized spacial score (nSPS) is 14.5. The molecule has 5 aromatic rings. The zero-order chi connectivity index (χ0) is 41.9. The van der Waals surface area contributed by atoms with E-state index in [0.29, 0.717) is 6.54 Å². The van der Waals surface area contributed by atoms with Crippen molar-refractivity contribution >= 4 is 24.7 Å². The second kappa shape index (κ2) is 23.2. The van der Waals surface area contributed by atoms with Crippen LogP contribution in [-0.2, 0) is 48.0 Å². The predicted molar refractivity (Wildman–Crippen MR) is 238 cm³/mol. The van der Waals surface area contributed by atoms with Crippen LogP contribution in [0.4, 0.5) is 0 Å². The Kier molecular flexibility index (Phi) is 17.8. The first-order chi connectivity index (χ1) is 28.7. The van der Waals surface area contributed by atoms with E-state index in [-0.39, 0.29) is 50.5 Å². The Morgan fingerprint density at radius 1 is 0.661 bits per heavy atom. The van der Waals surface area contributed by atoms with Crippen molar-refractivity contribution in [1.82, 2.24) is 5.32 Å². The minimum absolute atomic E-state index is 0.0214. The predicted octanol–water partition coefficient (Wildman–Crippen LogP) is 7.78. The van der Waals surface area contributed by atoms with E-state index in [4.69, 9.17) is 23.4 Å². The molecule has 8 nitrogen and oxygen atoms in total. The van der Waals surface area contributed by atoms with Gasteiger partial charge in [-0.1, -0.05) is 179 Å². The summed E-state index contributed by atoms with van der Waals surface area (Å²) in [6.07, 6.45) is -2.22. The van der Waals surface area contributed by atoms with E-state index in [2.05, 4.69) is 56.9 Å². The largest absolute Gasteiger partial charge is 0.466 e. The van der Waals surface area contributed by atoms with Crippen LogP contribution in [0, 0.1) is 0 Å². The molecule has 0 amide bonds. The third kappa shape index (κ3) is 12.9. The number of esters is 1. The van der Waals surface area contributed by atoms with E-state index < -0.39 is 38.8 Å². The van der Waals surface area contributed by atoms with Crippen LogP contribution in [0.15, 0.2) is 164 Å². The van der Waals surface area contributed by atoms with Gasteiger partial charge in [0.05, 0.1) is 39.5 Å². The summed E-state index contributed by atoms with van der Waals surface area (Å²) in [4.78, 5) is 13.3. The molecule has 0 saturated carbocycles. The molecule has 5 rings (SSSR count). The van der Waals surface area contributed by atoms with Gasteiger partial charge in [0.1, 0.15) is 24.4 Å². The van der Waals surface area contributed by atoms with Crippen LogP contribution in [0.3, 0.4) is 0 Å². The molecule has 2 N–H and O–H groups in total. The van der Waals surface area contributed by atoms with Gasteiger partial charge in [-0.3, -0.25) is 4.79 Å². The van der Waals surface area contributed by atoms with E-state index in [9.17, 15) is 9.90 Å². The van der Waals surface area contributed by atoms with Crippen molar-refractivity contribution in [2.24, 2.45) is 0 Å². The highest BCUT2D eigenvalue weighted by atomic mass is 28.4. The Balaban J connectivity index is 1.62. The molecular formula is C50H61NO7Si. The highest BCUT2D eigenvalue weighted by Gasteiger charge is 2.51. The smallest absolute Gasteiger partial charge is 0.307 e. The molecule has 0 fully saturated rings. The van der Waals surface area contributed by atoms with Gasteiger partial charge in [-0.05, 0) is 39.0 Å². The van der Waals surface area contributed by atoms with Crippen molar-refractivity contribution in [2.75, 3.05) is 19.8 Å². The average Bonchev–Trinajstić information content (AvgIpc) is 3.26. The molecule has 0 spiro atoms. The zero-order valence-electron chi connectivity index (χ0n) is 35.0. The van der Waals surface area contributed by atoms with Gasteiger partial charge in [0, 0.05) is 12.6 Å². The van der Waals surface area contributed by atoms with Gasteiger partial charge < -0.3 is 33.8 Å². The van der Waals surface area contributed by atoms with Crippen molar-refractivity contribution in [3.63, 3.8) is 0 Å². The molecule has 5 atom stereocenters. The van der Waals surface area contributed by atoms with E-state index in [0.717, 1.165) is 27.1 Å². The Morgan fingerprint density at radius 3 is 1.47 bits per heavy atom. The van der Waals surface area contributed by atoms with Crippen LogP contribution in [0.25, 0.3) is 0 Å². The number of carbonyl (C=O) groups is 1. The molecule has 0 aromatic heterocycles. The maximum absolute atomic E-state index is 13.3. The van der Waals surface area contributed by atoms with Gasteiger partial charge in [-0.2, -0.15) is 0 Å². The SMILES string of the molecule is C=CCN[C@@H](CC(=O)OCC)[C@H](OCc1ccccc1)[C@@H](OCc1ccccc1)[C@H](OCc1ccccc1)[C@H](O)CO[Si](c1ccccc1)(c1ccccc1)C(C)(C)C. The van der Waals surface area contributed by atoms with E-state index in [1.807, 2.05) is 127 Å². The molecule has 0 aliphatic rings. The van der Waals surface area contributed by atoms with E-state index >= 15 is 0 Å². The lowest BCUT2D eigenvalue weighted by molar-refractivity contribution is -0.190. The minimum atomic E-state index is -3.08.